The molecule has 0 saturated heterocycles. The monoisotopic (exact) mass is 352 g/mol. The maximum atomic E-state index is 12.8. The Morgan fingerprint density at radius 3 is 2.60 bits per heavy atom. The first kappa shape index (κ1) is 19.3. The summed E-state index contributed by atoms with van der Waals surface area (Å²) in [7, 11) is 0. The van der Waals surface area contributed by atoms with Gasteiger partial charge in [-0.05, 0) is 36.3 Å². The van der Waals surface area contributed by atoms with Crippen LogP contribution in [0, 0.1) is 17.2 Å². The van der Waals surface area contributed by atoms with Crippen molar-refractivity contribution in [1.29, 1.82) is 5.26 Å². The first-order chi connectivity index (χ1) is 11.8. The highest BCUT2D eigenvalue weighted by Crippen LogP contribution is 2.32. The zero-order valence-electron chi connectivity index (χ0n) is 14.3. The Morgan fingerprint density at radius 1 is 1.32 bits per heavy atom. The summed E-state index contributed by atoms with van der Waals surface area (Å²) in [6.07, 6.45) is 0.828. The standard InChI is InChI=1S/C19H23F3N2O/c1-13(15-8-5-9-16(11-15)19(20,21)22)10-18(25)24-17(12-23)14-6-3-2-4-7-14/h5,8-9,11,13-14,17H,2-4,6-7,10H2,1H3,(H,24,25)/t13-,17-/m1/s1. The molecule has 1 aliphatic rings. The van der Waals surface area contributed by atoms with Gasteiger partial charge in [0, 0.05) is 6.42 Å². The van der Waals surface area contributed by atoms with Gasteiger partial charge in [-0.25, -0.2) is 0 Å². The Labute approximate surface area is 146 Å². The highest BCUT2D eigenvalue weighted by molar-refractivity contribution is 5.77. The molecule has 1 fully saturated rings. The third-order valence-corrected chi connectivity index (χ3v) is 4.85. The summed E-state index contributed by atoms with van der Waals surface area (Å²) < 4.78 is 38.4. The van der Waals surface area contributed by atoms with E-state index in [1.165, 1.54) is 6.07 Å². The number of rotatable bonds is 5. The second-order valence-electron chi connectivity index (χ2n) is 6.80. The molecule has 1 aromatic carbocycles. The number of nitriles is 1. The number of nitrogens with zero attached hydrogens (tertiary/aromatic N) is 1. The fourth-order valence-electron chi connectivity index (χ4n) is 3.37. The predicted molar refractivity (Wildman–Crippen MR) is 88.6 cm³/mol. The lowest BCUT2D eigenvalue weighted by Crippen LogP contribution is -2.40. The maximum Gasteiger partial charge on any atom is 0.416 e. The molecule has 136 valence electrons. The van der Waals surface area contributed by atoms with Crippen LogP contribution in [0.4, 0.5) is 13.2 Å². The average Bonchev–Trinajstić information content (AvgIpc) is 2.59. The molecule has 0 radical (unpaired) electrons. The minimum atomic E-state index is -4.40. The fraction of sp³-hybridized carbons (Fsp3) is 0.579. The lowest BCUT2D eigenvalue weighted by Gasteiger charge is -2.26. The minimum absolute atomic E-state index is 0.0617. The van der Waals surface area contributed by atoms with E-state index in [1.54, 1.807) is 13.0 Å². The van der Waals surface area contributed by atoms with Crippen molar-refractivity contribution in [1.82, 2.24) is 5.32 Å². The van der Waals surface area contributed by atoms with Gasteiger partial charge in [-0.15, -0.1) is 0 Å². The molecule has 25 heavy (non-hydrogen) atoms. The van der Waals surface area contributed by atoms with Gasteiger partial charge in [-0.2, -0.15) is 18.4 Å². The van der Waals surface area contributed by atoms with Crippen LogP contribution in [0.1, 0.15) is 62.5 Å². The predicted octanol–water partition coefficient (Wildman–Crippen LogP) is 4.79. The van der Waals surface area contributed by atoms with Gasteiger partial charge in [0.15, 0.2) is 0 Å². The SMILES string of the molecule is C[C@H](CC(=O)N[C@H](C#N)C1CCCCC1)c1cccc(C(F)(F)F)c1. The summed E-state index contributed by atoms with van der Waals surface area (Å²) in [5.74, 6) is -0.471. The Hall–Kier alpha value is -2.03. The van der Waals surface area contributed by atoms with Gasteiger partial charge >= 0.3 is 6.18 Å². The number of carbonyl (C=O) groups is 1. The second-order valence-corrected chi connectivity index (χ2v) is 6.80. The van der Waals surface area contributed by atoms with E-state index in [9.17, 15) is 23.2 Å². The van der Waals surface area contributed by atoms with Crippen molar-refractivity contribution in [2.45, 2.75) is 63.6 Å². The van der Waals surface area contributed by atoms with Crippen LogP contribution in [0.3, 0.4) is 0 Å². The summed E-state index contributed by atoms with van der Waals surface area (Å²) in [5.41, 5.74) is -0.245. The van der Waals surface area contributed by atoms with Gasteiger partial charge in [0.05, 0.1) is 11.6 Å². The van der Waals surface area contributed by atoms with E-state index in [4.69, 9.17) is 0 Å². The third kappa shape index (κ3) is 5.48. The van der Waals surface area contributed by atoms with Crippen molar-refractivity contribution >= 4 is 5.91 Å². The number of halogens is 3. The number of nitrogens with one attached hydrogen (secondary N) is 1. The van der Waals surface area contributed by atoms with E-state index >= 15 is 0 Å². The van der Waals surface area contributed by atoms with Gasteiger partial charge in [0.1, 0.15) is 6.04 Å². The molecule has 1 N–H and O–H groups in total. The molecule has 3 nitrogen and oxygen atoms in total. The molecule has 6 heteroatoms. The molecule has 2 rings (SSSR count). The number of carbonyl (C=O) groups excluding carboxylic acids is 1. The first-order valence-corrected chi connectivity index (χ1v) is 8.67. The maximum absolute atomic E-state index is 12.8. The van der Waals surface area contributed by atoms with Crippen molar-refractivity contribution in [3.63, 3.8) is 0 Å². The molecule has 0 bridgehead atoms. The summed E-state index contributed by atoms with van der Waals surface area (Å²) in [4.78, 5) is 12.2. The molecule has 1 saturated carbocycles. The van der Waals surface area contributed by atoms with Crippen molar-refractivity contribution in [2.24, 2.45) is 5.92 Å². The lowest BCUT2D eigenvalue weighted by atomic mass is 9.84. The van der Waals surface area contributed by atoms with Gasteiger partial charge in [0.2, 0.25) is 5.91 Å². The zero-order valence-corrected chi connectivity index (χ0v) is 14.3. The Balaban J connectivity index is 1.96. The topological polar surface area (TPSA) is 52.9 Å². The normalized spacial score (nSPS) is 18.2. The summed E-state index contributed by atoms with van der Waals surface area (Å²) in [5, 5.41) is 12.1. The zero-order chi connectivity index (χ0) is 18.4. The van der Waals surface area contributed by atoms with Crippen LogP contribution in [0.15, 0.2) is 24.3 Å². The van der Waals surface area contributed by atoms with Gasteiger partial charge < -0.3 is 5.32 Å². The number of hydrogen-bond acceptors (Lipinski definition) is 2. The molecule has 0 aromatic heterocycles. The van der Waals surface area contributed by atoms with Crippen LogP contribution in [0.5, 0.6) is 0 Å². The van der Waals surface area contributed by atoms with E-state index in [-0.39, 0.29) is 24.2 Å². The molecular weight excluding hydrogens is 329 g/mol. The largest absolute Gasteiger partial charge is 0.416 e. The number of benzene rings is 1. The molecule has 1 amide bonds. The lowest BCUT2D eigenvalue weighted by molar-refractivity contribution is -0.137. The van der Waals surface area contributed by atoms with E-state index in [0.717, 1.165) is 44.2 Å². The van der Waals surface area contributed by atoms with Crippen molar-refractivity contribution in [3.05, 3.63) is 35.4 Å². The molecule has 1 aromatic rings. The van der Waals surface area contributed by atoms with E-state index in [2.05, 4.69) is 11.4 Å². The summed E-state index contributed by atoms with van der Waals surface area (Å²) >= 11 is 0. The fourth-order valence-corrected chi connectivity index (χ4v) is 3.37. The molecule has 0 spiro atoms. The van der Waals surface area contributed by atoms with Gasteiger partial charge in [-0.3, -0.25) is 4.79 Å². The van der Waals surface area contributed by atoms with Crippen LogP contribution < -0.4 is 5.32 Å². The van der Waals surface area contributed by atoms with E-state index in [0.29, 0.717) is 5.56 Å². The smallest absolute Gasteiger partial charge is 0.340 e. The minimum Gasteiger partial charge on any atom is -0.340 e. The van der Waals surface area contributed by atoms with E-state index < -0.39 is 17.8 Å². The summed E-state index contributed by atoms with van der Waals surface area (Å²) in [6, 6.07) is 6.70. The van der Waals surface area contributed by atoms with Crippen molar-refractivity contribution < 1.29 is 18.0 Å². The van der Waals surface area contributed by atoms with Crippen LogP contribution >= 0.6 is 0 Å². The third-order valence-electron chi connectivity index (χ3n) is 4.85. The number of amides is 1. The molecule has 0 aliphatic heterocycles. The van der Waals surface area contributed by atoms with E-state index in [1.807, 2.05) is 0 Å². The Bertz CT molecular complexity index is 630. The molecule has 0 heterocycles. The Morgan fingerprint density at radius 2 is 2.00 bits per heavy atom. The van der Waals surface area contributed by atoms with Crippen LogP contribution in [0.2, 0.25) is 0 Å². The Kier molecular flexibility index (Phi) is 6.46. The van der Waals surface area contributed by atoms with Crippen LogP contribution in [-0.2, 0) is 11.0 Å². The van der Waals surface area contributed by atoms with Gasteiger partial charge in [-0.1, -0.05) is 44.4 Å². The van der Waals surface area contributed by atoms with Crippen LogP contribution in [-0.4, -0.2) is 11.9 Å². The second kappa shape index (κ2) is 8.37. The molecule has 1 aliphatic carbocycles. The highest BCUT2D eigenvalue weighted by atomic mass is 19.4. The first-order valence-electron chi connectivity index (χ1n) is 8.67. The van der Waals surface area contributed by atoms with Crippen molar-refractivity contribution in [2.75, 3.05) is 0 Å². The molecule has 0 unspecified atom stereocenters. The average molecular weight is 352 g/mol. The highest BCUT2D eigenvalue weighted by Gasteiger charge is 2.31. The number of alkyl halides is 3. The molecular formula is C19H23F3N2O. The van der Waals surface area contributed by atoms with Gasteiger partial charge in [0.25, 0.3) is 0 Å². The molecule has 2 atom stereocenters. The number of hydrogen-bond donors (Lipinski definition) is 1. The van der Waals surface area contributed by atoms with Crippen molar-refractivity contribution in [3.8, 4) is 6.07 Å². The quantitative estimate of drug-likeness (QED) is 0.828. The summed E-state index contributed by atoms with van der Waals surface area (Å²) in [6.45, 7) is 1.72. The van der Waals surface area contributed by atoms with Crippen LogP contribution in [0.25, 0.3) is 0 Å².